The highest BCUT2D eigenvalue weighted by Gasteiger charge is 2.38. The summed E-state index contributed by atoms with van der Waals surface area (Å²) in [5, 5.41) is 4.34. The lowest BCUT2D eigenvalue weighted by molar-refractivity contribution is 0.191. The molecule has 2 aromatic rings. The van der Waals surface area contributed by atoms with Crippen molar-refractivity contribution in [1.29, 1.82) is 0 Å². The van der Waals surface area contributed by atoms with Gasteiger partial charge in [0, 0.05) is 13.2 Å². The van der Waals surface area contributed by atoms with Gasteiger partial charge in [0.2, 0.25) is 10.0 Å². The lowest BCUT2D eigenvalue weighted by atomic mass is 9.72. The lowest BCUT2D eigenvalue weighted by Crippen LogP contribution is -2.40. The van der Waals surface area contributed by atoms with Crippen molar-refractivity contribution in [2.75, 3.05) is 12.8 Å². The number of rotatable bonds is 7. The van der Waals surface area contributed by atoms with Crippen molar-refractivity contribution in [3.63, 3.8) is 0 Å². The van der Waals surface area contributed by atoms with Gasteiger partial charge < -0.3 is 0 Å². The predicted octanol–water partition coefficient (Wildman–Crippen LogP) is 2.88. The van der Waals surface area contributed by atoms with Crippen LogP contribution in [0.2, 0.25) is 0 Å². The van der Waals surface area contributed by atoms with Crippen LogP contribution in [0.3, 0.4) is 0 Å². The average Bonchev–Trinajstić information content (AvgIpc) is 2.93. The highest BCUT2D eigenvalue weighted by molar-refractivity contribution is 7.89. The fraction of sp³-hybridized carbons (Fsp3) is 0.500. The summed E-state index contributed by atoms with van der Waals surface area (Å²) in [5.41, 5.74) is 2.01. The number of nitrogens with zero attached hydrogens (tertiary/aromatic N) is 3. The van der Waals surface area contributed by atoms with Crippen LogP contribution < -0.4 is 0 Å². The maximum absolute atomic E-state index is 12.6. The molecule has 1 fully saturated rings. The molecule has 0 unspecified atom stereocenters. The van der Waals surface area contributed by atoms with E-state index >= 15 is 0 Å². The van der Waals surface area contributed by atoms with Gasteiger partial charge in [0.1, 0.15) is 0 Å². The van der Waals surface area contributed by atoms with Crippen LogP contribution in [-0.2, 0) is 23.1 Å². The summed E-state index contributed by atoms with van der Waals surface area (Å²) >= 11 is 0. The molecule has 130 valence electrons. The number of hydrogen-bond donors (Lipinski definition) is 0. The third kappa shape index (κ3) is 3.87. The molecular formula is C18H25N3O2S. The highest BCUT2D eigenvalue weighted by atomic mass is 32.2. The van der Waals surface area contributed by atoms with Crippen LogP contribution in [0.4, 0.5) is 0 Å². The third-order valence-electron chi connectivity index (χ3n) is 4.93. The number of hydrogen-bond acceptors (Lipinski definition) is 3. The Morgan fingerprint density at radius 2 is 1.92 bits per heavy atom. The van der Waals surface area contributed by atoms with Crippen LogP contribution in [0, 0.1) is 5.41 Å². The molecule has 0 atom stereocenters. The van der Waals surface area contributed by atoms with E-state index in [1.54, 1.807) is 13.2 Å². The Kier molecular flexibility index (Phi) is 4.78. The zero-order valence-corrected chi connectivity index (χ0v) is 15.2. The van der Waals surface area contributed by atoms with Gasteiger partial charge in [-0.3, -0.25) is 4.68 Å². The molecule has 0 amide bonds. The first-order chi connectivity index (χ1) is 11.4. The van der Waals surface area contributed by atoms with Gasteiger partial charge in [-0.2, -0.15) is 9.40 Å². The predicted molar refractivity (Wildman–Crippen MR) is 95.0 cm³/mol. The Labute approximate surface area is 144 Å². The van der Waals surface area contributed by atoms with Gasteiger partial charge in [-0.25, -0.2) is 8.42 Å². The molecule has 0 saturated heterocycles. The number of benzene rings is 1. The van der Waals surface area contributed by atoms with Crippen molar-refractivity contribution in [1.82, 2.24) is 14.1 Å². The van der Waals surface area contributed by atoms with Crippen molar-refractivity contribution in [3.05, 3.63) is 53.9 Å². The molecule has 1 aromatic carbocycles. The quantitative estimate of drug-likeness (QED) is 0.774. The molecule has 1 saturated carbocycles. The van der Waals surface area contributed by atoms with E-state index in [4.69, 9.17) is 0 Å². The Bertz CT molecular complexity index is 780. The summed E-state index contributed by atoms with van der Waals surface area (Å²) in [5.74, 6) is 0.239. The van der Waals surface area contributed by atoms with Crippen LogP contribution in [0.15, 0.2) is 42.6 Å². The Morgan fingerprint density at radius 3 is 2.54 bits per heavy atom. The molecule has 1 aliphatic rings. The van der Waals surface area contributed by atoms with E-state index in [2.05, 4.69) is 12.0 Å². The molecule has 0 aliphatic heterocycles. The molecule has 1 heterocycles. The van der Waals surface area contributed by atoms with E-state index < -0.39 is 10.0 Å². The van der Waals surface area contributed by atoms with Crippen molar-refractivity contribution in [2.24, 2.45) is 5.41 Å². The summed E-state index contributed by atoms with van der Waals surface area (Å²) in [4.78, 5) is 0. The lowest BCUT2D eigenvalue weighted by Gasteiger charge is -2.38. The molecule has 1 aliphatic carbocycles. The first kappa shape index (κ1) is 17.2. The second-order valence-electron chi connectivity index (χ2n) is 7.14. The molecule has 3 rings (SSSR count). The van der Waals surface area contributed by atoms with Crippen molar-refractivity contribution < 1.29 is 8.42 Å². The second-order valence-corrected chi connectivity index (χ2v) is 9.22. The molecule has 24 heavy (non-hydrogen) atoms. The summed E-state index contributed by atoms with van der Waals surface area (Å²) in [6, 6.07) is 11.9. The minimum absolute atomic E-state index is 0.0443. The average molecular weight is 347 g/mol. The molecule has 0 radical (unpaired) electrons. The van der Waals surface area contributed by atoms with Gasteiger partial charge in [0.05, 0.1) is 24.5 Å². The highest BCUT2D eigenvalue weighted by Crippen LogP contribution is 2.41. The fourth-order valence-electron chi connectivity index (χ4n) is 3.19. The monoisotopic (exact) mass is 347 g/mol. The van der Waals surface area contributed by atoms with Gasteiger partial charge >= 0.3 is 0 Å². The summed E-state index contributed by atoms with van der Waals surface area (Å²) in [6.07, 6.45) is 4.88. The van der Waals surface area contributed by atoms with Crippen LogP contribution >= 0.6 is 0 Å². The zero-order chi connectivity index (χ0) is 17.2. The zero-order valence-electron chi connectivity index (χ0n) is 14.4. The third-order valence-corrected chi connectivity index (χ3v) is 7.07. The summed E-state index contributed by atoms with van der Waals surface area (Å²) < 4.78 is 28.6. The van der Waals surface area contributed by atoms with Crippen molar-refractivity contribution in [3.8, 4) is 0 Å². The first-order valence-corrected chi connectivity index (χ1v) is 9.98. The SMILES string of the molecule is CN(Cc1ccnn1Cc1ccccc1)S(=O)(=O)CC1(C)CCC1. The maximum atomic E-state index is 12.6. The standard InChI is InChI=1S/C18H25N3O2S/c1-18(10-6-11-18)15-24(22,23)20(2)14-17-9-12-19-21(17)13-16-7-4-3-5-8-16/h3-5,7-9,12H,6,10-11,13-15H2,1-2H3. The number of aromatic nitrogens is 2. The van der Waals surface area contributed by atoms with Gasteiger partial charge in [-0.1, -0.05) is 43.7 Å². The molecule has 1 aromatic heterocycles. The van der Waals surface area contributed by atoms with Crippen LogP contribution in [-0.4, -0.2) is 35.3 Å². The van der Waals surface area contributed by atoms with E-state index in [1.807, 2.05) is 41.1 Å². The molecule has 6 heteroatoms. The van der Waals surface area contributed by atoms with Crippen LogP contribution in [0.1, 0.15) is 37.4 Å². The Morgan fingerprint density at radius 1 is 1.21 bits per heavy atom. The van der Waals surface area contributed by atoms with E-state index in [9.17, 15) is 8.42 Å². The van der Waals surface area contributed by atoms with E-state index in [0.717, 1.165) is 30.5 Å². The fourth-order valence-corrected chi connectivity index (χ4v) is 4.91. The summed E-state index contributed by atoms with van der Waals surface area (Å²) in [7, 11) is -1.59. The molecule has 0 N–H and O–H groups in total. The molecule has 5 nitrogen and oxygen atoms in total. The molecule has 0 spiro atoms. The van der Waals surface area contributed by atoms with E-state index in [0.29, 0.717) is 13.1 Å². The smallest absolute Gasteiger partial charge is 0.214 e. The second kappa shape index (κ2) is 6.69. The van der Waals surface area contributed by atoms with Crippen LogP contribution in [0.5, 0.6) is 0 Å². The van der Waals surface area contributed by atoms with Crippen LogP contribution in [0.25, 0.3) is 0 Å². The minimum Gasteiger partial charge on any atom is -0.264 e. The van der Waals surface area contributed by atoms with Gasteiger partial charge in [0.15, 0.2) is 0 Å². The minimum atomic E-state index is -3.25. The van der Waals surface area contributed by atoms with E-state index in [-0.39, 0.29) is 11.2 Å². The molecule has 0 bridgehead atoms. The topological polar surface area (TPSA) is 55.2 Å². The Balaban J connectivity index is 1.68. The van der Waals surface area contributed by atoms with E-state index in [1.165, 1.54) is 4.31 Å². The van der Waals surface area contributed by atoms with Gasteiger partial charge in [-0.15, -0.1) is 0 Å². The van der Waals surface area contributed by atoms with Crippen molar-refractivity contribution in [2.45, 2.75) is 39.3 Å². The number of sulfonamides is 1. The Hall–Kier alpha value is -1.66. The normalized spacial score (nSPS) is 17.0. The van der Waals surface area contributed by atoms with Crippen molar-refractivity contribution >= 4 is 10.0 Å². The van der Waals surface area contributed by atoms with Gasteiger partial charge in [-0.05, 0) is 29.9 Å². The van der Waals surface area contributed by atoms with Gasteiger partial charge in [0.25, 0.3) is 0 Å². The molecular weight excluding hydrogens is 322 g/mol. The summed E-state index contributed by atoms with van der Waals surface area (Å²) in [6.45, 7) is 3.07. The largest absolute Gasteiger partial charge is 0.264 e. The maximum Gasteiger partial charge on any atom is 0.214 e. The first-order valence-electron chi connectivity index (χ1n) is 8.37.